The van der Waals surface area contributed by atoms with Crippen LogP contribution in [0.1, 0.15) is 11.1 Å². The van der Waals surface area contributed by atoms with E-state index in [2.05, 4.69) is 4.98 Å². The molecule has 5 nitrogen and oxygen atoms in total. The quantitative estimate of drug-likeness (QED) is 0.454. The number of aromatic nitrogens is 1. The van der Waals surface area contributed by atoms with Crippen molar-refractivity contribution in [2.24, 2.45) is 0 Å². The number of rotatable bonds is 6. The third-order valence-electron chi connectivity index (χ3n) is 4.43. The average molecular weight is 412 g/mol. The molecule has 0 aliphatic carbocycles. The maximum atomic E-state index is 14.2. The second-order valence-corrected chi connectivity index (χ2v) is 6.80. The summed E-state index contributed by atoms with van der Waals surface area (Å²) < 4.78 is 25.5. The zero-order chi connectivity index (χ0) is 20.4. The highest BCUT2D eigenvalue weighted by atomic mass is 35.5. The van der Waals surface area contributed by atoms with E-state index in [1.54, 1.807) is 42.7 Å². The van der Waals surface area contributed by atoms with Crippen LogP contribution in [0, 0.1) is 5.82 Å². The van der Waals surface area contributed by atoms with E-state index >= 15 is 0 Å². The van der Waals surface area contributed by atoms with Gasteiger partial charge in [-0.05, 0) is 29.8 Å². The molecule has 7 heteroatoms. The van der Waals surface area contributed by atoms with Crippen molar-refractivity contribution in [1.29, 1.82) is 0 Å². The topological polar surface area (TPSA) is 72.6 Å². The Morgan fingerprint density at radius 3 is 2.76 bits per heavy atom. The summed E-state index contributed by atoms with van der Waals surface area (Å²) in [5.74, 6) is -1.30. The van der Waals surface area contributed by atoms with Crippen LogP contribution in [0.5, 0.6) is 5.88 Å². The van der Waals surface area contributed by atoms with Crippen molar-refractivity contribution in [3.63, 3.8) is 0 Å². The summed E-state index contributed by atoms with van der Waals surface area (Å²) in [6.45, 7) is 0.226. The van der Waals surface area contributed by atoms with Crippen LogP contribution in [0.3, 0.4) is 0 Å². The van der Waals surface area contributed by atoms with E-state index in [-0.39, 0.29) is 18.6 Å². The second kappa shape index (κ2) is 7.93. The van der Waals surface area contributed by atoms with Gasteiger partial charge in [0.2, 0.25) is 5.88 Å². The maximum absolute atomic E-state index is 14.2. The van der Waals surface area contributed by atoms with Crippen LogP contribution in [0.2, 0.25) is 5.02 Å². The van der Waals surface area contributed by atoms with Crippen molar-refractivity contribution in [3.05, 3.63) is 82.8 Å². The number of ether oxygens (including phenoxy) is 1. The van der Waals surface area contributed by atoms with Crippen LogP contribution in [0.25, 0.3) is 22.2 Å². The van der Waals surface area contributed by atoms with Gasteiger partial charge >= 0.3 is 5.97 Å². The Bertz CT molecular complexity index is 1200. The molecule has 1 N–H and O–H groups in total. The molecule has 2 aromatic carbocycles. The molecular formula is C22H15ClFNO4. The van der Waals surface area contributed by atoms with Crippen LogP contribution in [-0.2, 0) is 17.8 Å². The highest BCUT2D eigenvalue weighted by molar-refractivity contribution is 6.35. The summed E-state index contributed by atoms with van der Waals surface area (Å²) in [5, 5.41) is 10.2. The minimum Gasteiger partial charge on any atom is -0.481 e. The van der Waals surface area contributed by atoms with E-state index in [4.69, 9.17) is 25.9 Å². The Morgan fingerprint density at radius 1 is 1.14 bits per heavy atom. The van der Waals surface area contributed by atoms with Gasteiger partial charge in [-0.1, -0.05) is 35.9 Å². The van der Waals surface area contributed by atoms with Gasteiger partial charge in [0.15, 0.2) is 0 Å². The van der Waals surface area contributed by atoms with E-state index < -0.39 is 11.8 Å². The zero-order valence-corrected chi connectivity index (χ0v) is 15.8. The third-order valence-corrected chi connectivity index (χ3v) is 4.76. The third kappa shape index (κ3) is 4.07. The first-order valence-corrected chi connectivity index (χ1v) is 9.14. The SMILES string of the molecule is O=C(O)Cc1ccc(-c2cccc(OCc3ccc(Cl)c4ccoc34)n2)cc1F. The molecule has 0 aliphatic heterocycles. The summed E-state index contributed by atoms with van der Waals surface area (Å²) >= 11 is 6.15. The number of aliphatic carboxylic acids is 1. The molecule has 0 amide bonds. The van der Waals surface area contributed by atoms with Gasteiger partial charge in [0.05, 0.1) is 23.4 Å². The van der Waals surface area contributed by atoms with Gasteiger partial charge in [-0.15, -0.1) is 0 Å². The van der Waals surface area contributed by atoms with E-state index in [1.165, 1.54) is 12.1 Å². The van der Waals surface area contributed by atoms with Crippen molar-refractivity contribution in [2.75, 3.05) is 0 Å². The average Bonchev–Trinajstić information content (AvgIpc) is 3.20. The molecular weight excluding hydrogens is 397 g/mol. The molecule has 0 bridgehead atoms. The fourth-order valence-electron chi connectivity index (χ4n) is 3.02. The Balaban J connectivity index is 1.54. The maximum Gasteiger partial charge on any atom is 0.307 e. The molecule has 0 aliphatic rings. The lowest BCUT2D eigenvalue weighted by atomic mass is 10.1. The van der Waals surface area contributed by atoms with Crippen molar-refractivity contribution in [3.8, 4) is 17.1 Å². The molecule has 0 atom stereocenters. The standard InChI is InChI=1S/C22H15ClFNO4/c23-17-7-6-15(22-16(17)8-9-28-22)12-29-20-3-1-2-19(25-20)14-5-4-13(11-21(26)27)18(24)10-14/h1-10H,11-12H2,(H,26,27). The molecule has 4 aromatic rings. The van der Waals surface area contributed by atoms with Gasteiger partial charge in [0.25, 0.3) is 0 Å². The number of benzene rings is 2. The van der Waals surface area contributed by atoms with E-state index in [1.807, 2.05) is 6.07 Å². The monoisotopic (exact) mass is 411 g/mol. The van der Waals surface area contributed by atoms with Gasteiger partial charge in [-0.25, -0.2) is 9.37 Å². The molecule has 0 spiro atoms. The molecule has 29 heavy (non-hydrogen) atoms. The van der Waals surface area contributed by atoms with Crippen molar-refractivity contribution >= 4 is 28.5 Å². The smallest absolute Gasteiger partial charge is 0.307 e. The number of carboxylic acids is 1. The first-order chi connectivity index (χ1) is 14.0. The molecule has 0 unspecified atom stereocenters. The second-order valence-electron chi connectivity index (χ2n) is 6.40. The van der Waals surface area contributed by atoms with Crippen molar-refractivity contribution < 1.29 is 23.4 Å². The predicted molar refractivity (Wildman–Crippen MR) is 107 cm³/mol. The van der Waals surface area contributed by atoms with Gasteiger partial charge in [0, 0.05) is 22.6 Å². The Hall–Kier alpha value is -3.38. The Kier molecular flexibility index (Phi) is 5.18. The fraction of sp³-hybridized carbons (Fsp3) is 0.0909. The number of pyridine rings is 1. The summed E-state index contributed by atoms with van der Waals surface area (Å²) in [7, 11) is 0. The van der Waals surface area contributed by atoms with Gasteiger partial charge in [0.1, 0.15) is 18.0 Å². The van der Waals surface area contributed by atoms with Crippen LogP contribution in [-0.4, -0.2) is 16.1 Å². The van der Waals surface area contributed by atoms with E-state index in [0.29, 0.717) is 27.7 Å². The predicted octanol–water partition coefficient (Wildman–Crippen LogP) is 5.49. The largest absolute Gasteiger partial charge is 0.481 e. The van der Waals surface area contributed by atoms with Gasteiger partial charge in [-0.2, -0.15) is 0 Å². The van der Waals surface area contributed by atoms with Crippen LogP contribution < -0.4 is 4.74 Å². The summed E-state index contributed by atoms with van der Waals surface area (Å²) in [6.07, 6.45) is 1.20. The molecule has 0 radical (unpaired) electrons. The lowest BCUT2D eigenvalue weighted by Crippen LogP contribution is -2.02. The van der Waals surface area contributed by atoms with Gasteiger partial charge in [-0.3, -0.25) is 4.79 Å². The fourth-order valence-corrected chi connectivity index (χ4v) is 3.23. The minimum absolute atomic E-state index is 0.124. The molecule has 0 saturated carbocycles. The molecule has 0 fully saturated rings. The number of halogens is 2. The van der Waals surface area contributed by atoms with Crippen LogP contribution in [0.4, 0.5) is 4.39 Å². The first-order valence-electron chi connectivity index (χ1n) is 8.76. The highest BCUT2D eigenvalue weighted by Crippen LogP contribution is 2.29. The number of carboxylic acid groups (broad SMARTS) is 1. The zero-order valence-electron chi connectivity index (χ0n) is 15.1. The lowest BCUT2D eigenvalue weighted by Gasteiger charge is -2.09. The Morgan fingerprint density at radius 2 is 1.97 bits per heavy atom. The van der Waals surface area contributed by atoms with E-state index in [9.17, 15) is 9.18 Å². The van der Waals surface area contributed by atoms with Crippen molar-refractivity contribution in [2.45, 2.75) is 13.0 Å². The molecule has 4 rings (SSSR count). The number of carbonyl (C=O) groups is 1. The van der Waals surface area contributed by atoms with E-state index in [0.717, 1.165) is 10.9 Å². The Labute approximate surface area is 170 Å². The number of nitrogens with zero attached hydrogens (tertiary/aromatic N) is 1. The van der Waals surface area contributed by atoms with Gasteiger partial charge < -0.3 is 14.3 Å². The summed E-state index contributed by atoms with van der Waals surface area (Å²) in [6, 6.07) is 15.0. The molecule has 2 heterocycles. The number of furan rings is 1. The molecule has 2 aromatic heterocycles. The summed E-state index contributed by atoms with van der Waals surface area (Å²) in [4.78, 5) is 15.2. The normalized spacial score (nSPS) is 11.0. The molecule has 146 valence electrons. The highest BCUT2D eigenvalue weighted by Gasteiger charge is 2.11. The lowest BCUT2D eigenvalue weighted by molar-refractivity contribution is -0.136. The minimum atomic E-state index is -1.09. The van der Waals surface area contributed by atoms with Crippen molar-refractivity contribution in [1.82, 2.24) is 4.98 Å². The first kappa shape index (κ1) is 19.0. The van der Waals surface area contributed by atoms with Crippen LogP contribution >= 0.6 is 11.6 Å². The molecule has 0 saturated heterocycles. The number of fused-ring (bicyclic) bond motifs is 1. The number of hydrogen-bond acceptors (Lipinski definition) is 4. The van der Waals surface area contributed by atoms with Crippen LogP contribution in [0.15, 0.2) is 65.3 Å². The summed E-state index contributed by atoms with van der Waals surface area (Å²) in [5.41, 5.74) is 2.65. The number of hydrogen-bond donors (Lipinski definition) is 1.